The van der Waals surface area contributed by atoms with Crippen LogP contribution in [-0.2, 0) is 0 Å². The molecule has 3 heteroatoms. The Morgan fingerprint density at radius 2 is 1.84 bits per heavy atom. The molecule has 1 aliphatic carbocycles. The first-order chi connectivity index (χ1) is 12.3. The van der Waals surface area contributed by atoms with Crippen molar-refractivity contribution < 1.29 is 4.79 Å². The van der Waals surface area contributed by atoms with E-state index in [0.29, 0.717) is 11.5 Å². The summed E-state index contributed by atoms with van der Waals surface area (Å²) in [5.74, 6) is 7.06. The third kappa shape index (κ3) is 3.55. The molecule has 0 spiro atoms. The van der Waals surface area contributed by atoms with Gasteiger partial charge in [0.05, 0.1) is 5.69 Å². The number of benzene rings is 2. The van der Waals surface area contributed by atoms with Gasteiger partial charge in [-0.1, -0.05) is 42.7 Å². The van der Waals surface area contributed by atoms with Crippen molar-refractivity contribution in [2.75, 3.05) is 0 Å². The van der Waals surface area contributed by atoms with Crippen LogP contribution < -0.4 is 0 Å². The molecule has 1 heterocycles. The average molecular weight is 343 g/mol. The molecule has 0 radical (unpaired) electrons. The smallest absolute Gasteiger partial charge is 0.167 e. The second kappa shape index (κ2) is 7.04. The zero-order valence-corrected chi connectivity index (χ0v) is 14.6. The predicted octanol–water partition coefficient (Wildman–Crippen LogP) is 5.29. The highest BCUT2D eigenvalue weighted by atomic mass is 32.1. The van der Waals surface area contributed by atoms with Gasteiger partial charge in [0.2, 0.25) is 0 Å². The monoisotopic (exact) mass is 343 g/mol. The van der Waals surface area contributed by atoms with Crippen LogP contribution >= 0.6 is 11.3 Å². The Morgan fingerprint density at radius 3 is 2.60 bits per heavy atom. The number of thiazole rings is 1. The minimum Gasteiger partial charge on any atom is -0.298 e. The summed E-state index contributed by atoms with van der Waals surface area (Å²) in [5, 5.41) is 3.03. The molecule has 2 aromatic carbocycles. The first kappa shape index (κ1) is 15.8. The van der Waals surface area contributed by atoms with Crippen LogP contribution in [0.2, 0.25) is 0 Å². The average Bonchev–Trinajstić information content (AvgIpc) is 3.07. The molecule has 0 aliphatic heterocycles. The van der Waals surface area contributed by atoms with Gasteiger partial charge in [-0.2, -0.15) is 0 Å². The van der Waals surface area contributed by atoms with Gasteiger partial charge in [0.15, 0.2) is 5.01 Å². The number of hydrogen-bond acceptors (Lipinski definition) is 3. The largest absolute Gasteiger partial charge is 0.298 e. The lowest BCUT2D eigenvalue weighted by molar-refractivity contribution is 0.112. The molecule has 0 atom stereocenters. The van der Waals surface area contributed by atoms with Crippen LogP contribution in [0, 0.1) is 11.8 Å². The molecule has 0 saturated heterocycles. The van der Waals surface area contributed by atoms with E-state index in [2.05, 4.69) is 28.3 Å². The minimum absolute atomic E-state index is 0.653. The summed E-state index contributed by atoms with van der Waals surface area (Å²) in [4.78, 5) is 15.6. The number of aromatic nitrogens is 1. The van der Waals surface area contributed by atoms with Crippen molar-refractivity contribution in [2.45, 2.75) is 25.2 Å². The Kier molecular flexibility index (Phi) is 4.45. The molecule has 0 amide bonds. The molecule has 1 fully saturated rings. The fourth-order valence-electron chi connectivity index (χ4n) is 2.93. The van der Waals surface area contributed by atoms with Crippen LogP contribution in [0.5, 0.6) is 0 Å². The molecule has 4 rings (SSSR count). The van der Waals surface area contributed by atoms with Crippen molar-refractivity contribution in [1.29, 1.82) is 0 Å². The summed E-state index contributed by atoms with van der Waals surface area (Å²) in [5.41, 5.74) is 4.93. The van der Waals surface area contributed by atoms with Crippen LogP contribution in [-0.4, -0.2) is 11.3 Å². The van der Waals surface area contributed by atoms with Gasteiger partial charge in [0.25, 0.3) is 0 Å². The van der Waals surface area contributed by atoms with Crippen LogP contribution in [0.4, 0.5) is 0 Å². The maximum Gasteiger partial charge on any atom is 0.167 e. The number of carbonyl (C=O) groups is 1. The molecule has 0 unspecified atom stereocenters. The molecule has 122 valence electrons. The Bertz CT molecular complexity index is 973. The number of carbonyl (C=O) groups excluding carboxylic acids is 1. The second-order valence-electron chi connectivity index (χ2n) is 6.28. The van der Waals surface area contributed by atoms with Gasteiger partial charge in [0.1, 0.15) is 6.29 Å². The van der Waals surface area contributed by atoms with E-state index < -0.39 is 0 Å². The van der Waals surface area contributed by atoms with Crippen molar-refractivity contribution in [3.8, 4) is 23.0 Å². The maximum atomic E-state index is 11.0. The van der Waals surface area contributed by atoms with E-state index in [1.807, 2.05) is 42.5 Å². The standard InChI is InChI=1S/C22H17NOS/c24-14-17-5-2-9-20(13-17)19-8-1-4-16(12-19)10-11-22-23-21(15-25-22)18-6-3-7-18/h1-2,4-5,8-9,12-15,18H,3,6-7H2. The zero-order chi connectivity index (χ0) is 17.1. The minimum atomic E-state index is 0.653. The van der Waals surface area contributed by atoms with Gasteiger partial charge < -0.3 is 0 Å². The highest BCUT2D eigenvalue weighted by Gasteiger charge is 2.21. The van der Waals surface area contributed by atoms with Gasteiger partial charge >= 0.3 is 0 Å². The zero-order valence-electron chi connectivity index (χ0n) is 13.7. The first-order valence-corrected chi connectivity index (χ1v) is 9.33. The lowest BCUT2D eigenvalue weighted by atomic mass is 9.83. The third-order valence-electron chi connectivity index (χ3n) is 4.58. The summed E-state index contributed by atoms with van der Waals surface area (Å²) < 4.78 is 0. The molecule has 1 aliphatic rings. The van der Waals surface area contributed by atoms with Gasteiger partial charge in [-0.3, -0.25) is 4.79 Å². The predicted molar refractivity (Wildman–Crippen MR) is 102 cm³/mol. The van der Waals surface area contributed by atoms with Crippen molar-refractivity contribution >= 4 is 17.6 Å². The maximum absolute atomic E-state index is 11.0. The number of nitrogens with zero attached hydrogens (tertiary/aromatic N) is 1. The summed E-state index contributed by atoms with van der Waals surface area (Å²) in [6.07, 6.45) is 4.72. The lowest BCUT2D eigenvalue weighted by Crippen LogP contribution is -2.08. The van der Waals surface area contributed by atoms with Crippen molar-refractivity contribution in [2.24, 2.45) is 0 Å². The van der Waals surface area contributed by atoms with Crippen molar-refractivity contribution in [1.82, 2.24) is 4.98 Å². The van der Waals surface area contributed by atoms with E-state index >= 15 is 0 Å². The van der Waals surface area contributed by atoms with Gasteiger partial charge in [-0.05, 0) is 48.1 Å². The third-order valence-corrected chi connectivity index (χ3v) is 5.35. The summed E-state index contributed by atoms with van der Waals surface area (Å²) in [6, 6.07) is 15.7. The highest BCUT2D eigenvalue weighted by Crippen LogP contribution is 2.36. The Labute approximate surface area is 151 Å². The molecule has 1 saturated carbocycles. The summed E-state index contributed by atoms with van der Waals surface area (Å²) >= 11 is 1.63. The molecule has 0 bridgehead atoms. The molecule has 0 N–H and O–H groups in total. The van der Waals surface area contributed by atoms with Crippen LogP contribution in [0.15, 0.2) is 53.9 Å². The molecular weight excluding hydrogens is 326 g/mol. The molecular formula is C22H17NOS. The lowest BCUT2D eigenvalue weighted by Gasteiger charge is -2.22. The molecule has 25 heavy (non-hydrogen) atoms. The SMILES string of the molecule is O=Cc1cccc(-c2cccc(C#Cc3nc(C4CCC4)cs3)c2)c1. The summed E-state index contributed by atoms with van der Waals surface area (Å²) in [7, 11) is 0. The van der Waals surface area contributed by atoms with Gasteiger partial charge in [-0.25, -0.2) is 4.98 Å². The van der Waals surface area contributed by atoms with Gasteiger partial charge in [0, 0.05) is 22.4 Å². The van der Waals surface area contributed by atoms with E-state index in [0.717, 1.165) is 28.0 Å². The van der Waals surface area contributed by atoms with Crippen molar-refractivity contribution in [3.63, 3.8) is 0 Å². The molecule has 1 aromatic heterocycles. The highest BCUT2D eigenvalue weighted by molar-refractivity contribution is 7.10. The molecule has 3 aromatic rings. The Balaban J connectivity index is 1.57. The Hall–Kier alpha value is -2.70. The fourth-order valence-corrected chi connectivity index (χ4v) is 3.67. The van der Waals surface area contributed by atoms with E-state index in [1.54, 1.807) is 11.3 Å². The van der Waals surface area contributed by atoms with Crippen LogP contribution in [0.3, 0.4) is 0 Å². The van der Waals surface area contributed by atoms with Crippen LogP contribution in [0.25, 0.3) is 11.1 Å². The second-order valence-corrected chi connectivity index (χ2v) is 7.14. The summed E-state index contributed by atoms with van der Waals surface area (Å²) in [6.45, 7) is 0. The quantitative estimate of drug-likeness (QED) is 0.478. The van der Waals surface area contributed by atoms with E-state index in [1.165, 1.54) is 25.0 Å². The fraction of sp³-hybridized carbons (Fsp3) is 0.182. The molecule has 2 nitrogen and oxygen atoms in total. The van der Waals surface area contributed by atoms with E-state index in [-0.39, 0.29) is 0 Å². The van der Waals surface area contributed by atoms with Crippen LogP contribution in [0.1, 0.15) is 51.8 Å². The van der Waals surface area contributed by atoms with Crippen molar-refractivity contribution in [3.05, 3.63) is 75.7 Å². The Morgan fingerprint density at radius 1 is 1.04 bits per heavy atom. The number of hydrogen-bond donors (Lipinski definition) is 0. The normalized spacial score (nSPS) is 13.6. The first-order valence-electron chi connectivity index (χ1n) is 8.45. The number of rotatable bonds is 3. The van der Waals surface area contributed by atoms with E-state index in [4.69, 9.17) is 0 Å². The van der Waals surface area contributed by atoms with E-state index in [9.17, 15) is 4.79 Å². The topological polar surface area (TPSA) is 30.0 Å². The number of aldehydes is 1. The van der Waals surface area contributed by atoms with Gasteiger partial charge in [-0.15, -0.1) is 11.3 Å².